The van der Waals surface area contributed by atoms with Crippen LogP contribution in [-0.2, 0) is 0 Å². The van der Waals surface area contributed by atoms with E-state index in [0.29, 0.717) is 12.5 Å². The Bertz CT molecular complexity index is 2900. The molecule has 3 heterocycles. The molecule has 7 aromatic carbocycles. The van der Waals surface area contributed by atoms with Crippen molar-refractivity contribution in [1.29, 1.82) is 0 Å². The maximum absolute atomic E-state index is 5.29. The maximum atomic E-state index is 5.29. The summed E-state index contributed by atoms with van der Waals surface area (Å²) >= 11 is 0. The molecule has 1 aliphatic rings. The van der Waals surface area contributed by atoms with Crippen LogP contribution < -0.4 is 4.90 Å². The molecule has 2 aromatic heterocycles. The van der Waals surface area contributed by atoms with E-state index in [1.165, 1.54) is 21.7 Å². The topological polar surface area (TPSA) is 34.0 Å². The van der Waals surface area contributed by atoms with Crippen molar-refractivity contribution in [2.75, 3.05) is 11.4 Å². The first-order valence-corrected chi connectivity index (χ1v) is 18.7. The van der Waals surface area contributed by atoms with Gasteiger partial charge in [-0.1, -0.05) is 164 Å². The summed E-state index contributed by atoms with van der Waals surface area (Å²) in [5, 5.41) is 4.76. The fourth-order valence-electron chi connectivity index (χ4n) is 7.90. The van der Waals surface area contributed by atoms with Crippen molar-refractivity contribution in [3.8, 4) is 39.3 Å². The lowest BCUT2D eigenvalue weighted by molar-refractivity contribution is 0.991. The first kappa shape index (κ1) is 32.4. The molecule has 9 aromatic rings. The summed E-state index contributed by atoms with van der Waals surface area (Å²) in [6.07, 6.45) is 8.46. The zero-order valence-electron chi connectivity index (χ0n) is 30.2. The first-order chi connectivity index (χ1) is 27.2. The largest absolute Gasteiger partial charge is 0.308 e. The number of aromatic nitrogens is 3. The Morgan fingerprint density at radius 2 is 1.13 bits per heavy atom. The molecule has 0 bridgehead atoms. The number of allylic oxidation sites excluding steroid dienone is 4. The summed E-state index contributed by atoms with van der Waals surface area (Å²) in [7, 11) is 0. The number of fused-ring (bicyclic) bond motifs is 6. The number of anilines is 2. The second-order valence-electron chi connectivity index (χ2n) is 13.9. The molecule has 4 nitrogen and oxygen atoms in total. The van der Waals surface area contributed by atoms with Crippen LogP contribution in [0, 0.1) is 0 Å². The molecule has 0 N–H and O–H groups in total. The van der Waals surface area contributed by atoms with Crippen LogP contribution in [0.2, 0.25) is 0 Å². The Hall–Kier alpha value is -7.30. The molecule has 0 aliphatic carbocycles. The highest BCUT2D eigenvalue weighted by atomic mass is 15.3. The number of hydrogen-bond donors (Lipinski definition) is 0. The monoisotopic (exact) mass is 704 g/mol. The van der Waals surface area contributed by atoms with Crippen LogP contribution in [-0.4, -0.2) is 21.1 Å². The molecule has 1 aliphatic heterocycles. The van der Waals surface area contributed by atoms with Crippen LogP contribution in [0.1, 0.15) is 5.56 Å². The molecule has 0 unspecified atom stereocenters. The summed E-state index contributed by atoms with van der Waals surface area (Å²) < 4.78 is 2.43. The van der Waals surface area contributed by atoms with Gasteiger partial charge in [-0.25, -0.2) is 9.97 Å². The third-order valence-electron chi connectivity index (χ3n) is 10.5. The predicted octanol–water partition coefficient (Wildman–Crippen LogP) is 13.0. The maximum Gasteiger partial charge on any atom is 0.231 e. The first-order valence-electron chi connectivity index (χ1n) is 18.7. The van der Waals surface area contributed by atoms with E-state index < -0.39 is 0 Å². The minimum atomic E-state index is 0.566. The highest BCUT2D eigenvalue weighted by molar-refractivity contribution is 6.17. The molecule has 4 heteroatoms. The lowest BCUT2D eigenvalue weighted by atomic mass is 9.99. The molecule has 0 radical (unpaired) electrons. The van der Waals surface area contributed by atoms with Crippen molar-refractivity contribution in [1.82, 2.24) is 14.5 Å². The Kier molecular flexibility index (Phi) is 8.00. The van der Waals surface area contributed by atoms with Gasteiger partial charge in [0.2, 0.25) is 5.95 Å². The summed E-state index contributed by atoms with van der Waals surface area (Å²) in [5.74, 6) is 0.625. The number of benzene rings is 7. The fourth-order valence-corrected chi connectivity index (χ4v) is 7.90. The highest BCUT2D eigenvalue weighted by Crippen LogP contribution is 2.44. The molecule has 0 amide bonds. The Morgan fingerprint density at radius 3 is 1.82 bits per heavy atom. The van der Waals surface area contributed by atoms with Crippen molar-refractivity contribution in [3.05, 3.63) is 206 Å². The van der Waals surface area contributed by atoms with Crippen LogP contribution in [0.15, 0.2) is 201 Å². The molecule has 55 heavy (non-hydrogen) atoms. The van der Waals surface area contributed by atoms with E-state index in [9.17, 15) is 0 Å². The number of hydrogen-bond acceptors (Lipinski definition) is 3. The molecule has 10 rings (SSSR count). The average Bonchev–Trinajstić information content (AvgIpc) is 3.60. The summed E-state index contributed by atoms with van der Waals surface area (Å²) in [6.45, 7) is 5.30. The van der Waals surface area contributed by atoms with E-state index >= 15 is 0 Å². The quantitative estimate of drug-likeness (QED) is 0.179. The summed E-state index contributed by atoms with van der Waals surface area (Å²) in [4.78, 5) is 12.8. The second-order valence-corrected chi connectivity index (χ2v) is 13.9. The van der Waals surface area contributed by atoms with Gasteiger partial charge in [0.15, 0.2) is 0 Å². The Labute approximate surface area is 320 Å². The Balaban J connectivity index is 1.28. The van der Waals surface area contributed by atoms with Gasteiger partial charge >= 0.3 is 0 Å². The van der Waals surface area contributed by atoms with Gasteiger partial charge in [-0.05, 0) is 63.9 Å². The van der Waals surface area contributed by atoms with Gasteiger partial charge in [-0.2, -0.15) is 0 Å². The van der Waals surface area contributed by atoms with Gasteiger partial charge < -0.3 is 9.47 Å². The van der Waals surface area contributed by atoms with Crippen LogP contribution in [0.5, 0.6) is 0 Å². The van der Waals surface area contributed by atoms with Crippen LogP contribution in [0.3, 0.4) is 0 Å². The van der Waals surface area contributed by atoms with Crippen molar-refractivity contribution in [2.24, 2.45) is 0 Å². The van der Waals surface area contributed by atoms with Crippen molar-refractivity contribution in [2.45, 2.75) is 0 Å². The standard InChI is InChI=1S/C51H36N4/c1-35-17-6-5-15-30-54(51-52-45(37-20-9-3-10-21-37)34-46(53-51)38-22-11-4-12-23-38)47-29-28-43-44-32-40-24-13-14-25-41(40)33-48(44)55(50(43)49(35)47)42-27-16-26-39(31-42)36-18-7-2-8-19-36/h2-29,31-34H,1,30H2/b15-5-,17-6-. The molecule has 260 valence electrons. The SMILES string of the molecule is C=C1/C=C\C=C/CN(c2nc(-c3ccccc3)cc(-c3ccccc3)n2)c2ccc3c4cc5ccccc5cc4n(-c4cccc(-c5ccccc5)c4)c3c21. The second kappa shape index (κ2) is 13.6. The summed E-state index contributed by atoms with van der Waals surface area (Å²) in [6, 6.07) is 60.0. The van der Waals surface area contributed by atoms with Gasteiger partial charge in [0, 0.05) is 39.7 Å². The summed E-state index contributed by atoms with van der Waals surface area (Å²) in [5.41, 5.74) is 12.4. The smallest absolute Gasteiger partial charge is 0.231 e. The molecule has 0 spiro atoms. The van der Waals surface area contributed by atoms with Gasteiger partial charge in [-0.3, -0.25) is 0 Å². The normalized spacial score (nSPS) is 14.0. The molecule has 0 atom stereocenters. The van der Waals surface area contributed by atoms with Crippen LogP contribution in [0.4, 0.5) is 11.6 Å². The lowest BCUT2D eigenvalue weighted by Gasteiger charge is -2.26. The lowest BCUT2D eigenvalue weighted by Crippen LogP contribution is -2.21. The third-order valence-corrected chi connectivity index (χ3v) is 10.5. The van der Waals surface area contributed by atoms with Crippen molar-refractivity contribution < 1.29 is 0 Å². The zero-order valence-corrected chi connectivity index (χ0v) is 30.2. The molecular formula is C51H36N4. The predicted molar refractivity (Wildman–Crippen MR) is 231 cm³/mol. The molecule has 0 saturated heterocycles. The van der Waals surface area contributed by atoms with Crippen molar-refractivity contribution in [3.63, 3.8) is 0 Å². The molecule has 0 fully saturated rings. The van der Waals surface area contributed by atoms with Crippen molar-refractivity contribution >= 4 is 49.8 Å². The molecule has 0 saturated carbocycles. The van der Waals surface area contributed by atoms with E-state index in [2.05, 4.69) is 191 Å². The fraction of sp³-hybridized carbons (Fsp3) is 0.0196. The molecular weight excluding hydrogens is 669 g/mol. The van der Waals surface area contributed by atoms with Crippen LogP contribution in [0.25, 0.3) is 77.5 Å². The minimum absolute atomic E-state index is 0.566. The van der Waals surface area contributed by atoms with E-state index in [1.807, 2.05) is 12.1 Å². The van der Waals surface area contributed by atoms with Gasteiger partial charge in [0.05, 0.1) is 28.1 Å². The van der Waals surface area contributed by atoms with E-state index in [1.54, 1.807) is 0 Å². The van der Waals surface area contributed by atoms with Gasteiger partial charge in [0.25, 0.3) is 0 Å². The third kappa shape index (κ3) is 5.81. The van der Waals surface area contributed by atoms with E-state index in [4.69, 9.17) is 16.5 Å². The van der Waals surface area contributed by atoms with Gasteiger partial charge in [0.1, 0.15) is 0 Å². The number of nitrogens with zero attached hydrogens (tertiary/aromatic N) is 4. The Morgan fingerprint density at radius 1 is 0.509 bits per heavy atom. The van der Waals surface area contributed by atoms with E-state index in [-0.39, 0.29) is 0 Å². The van der Waals surface area contributed by atoms with Crippen LogP contribution >= 0.6 is 0 Å². The zero-order chi connectivity index (χ0) is 36.7. The van der Waals surface area contributed by atoms with Gasteiger partial charge in [-0.15, -0.1) is 0 Å². The highest BCUT2D eigenvalue weighted by Gasteiger charge is 2.25. The average molecular weight is 705 g/mol. The minimum Gasteiger partial charge on any atom is -0.308 e. The number of rotatable bonds is 5. The van der Waals surface area contributed by atoms with E-state index in [0.717, 1.165) is 67.0 Å².